The number of esters is 3. The molecule has 13 heteroatoms. The van der Waals surface area contributed by atoms with Gasteiger partial charge in [-0.25, -0.2) is 4.79 Å². The quantitative estimate of drug-likeness (QED) is 0.145. The van der Waals surface area contributed by atoms with Gasteiger partial charge in [0.25, 0.3) is 0 Å². The molecule has 0 radical (unpaired) electrons. The van der Waals surface area contributed by atoms with Gasteiger partial charge in [-0.05, 0) is 78.3 Å². The van der Waals surface area contributed by atoms with Crippen LogP contribution in [-0.2, 0) is 50.0 Å². The molecule has 5 rings (SSSR count). The SMILES string of the molecule is CCCCOC(=O)C[C@H](CC(=O)[C@H](C)OC(C)=O)C(=O)OC1=CC[C@@]2(O)[C@H]3Cc4ccc(OC(=O)OC(C)(C)C)c5c4[C@@]2(CCN3C)[C@H]1O5. The summed E-state index contributed by atoms with van der Waals surface area (Å²) in [5.74, 6) is -3.51. The Morgan fingerprint density at radius 3 is 2.53 bits per heavy atom. The molecular formula is C36H47NO12. The number of likely N-dealkylation sites (N-methyl/N-ethyl adjacent to an activating group) is 1. The highest BCUT2D eigenvalue weighted by Crippen LogP contribution is 2.65. The van der Waals surface area contributed by atoms with Gasteiger partial charge < -0.3 is 38.4 Å². The van der Waals surface area contributed by atoms with Crippen LogP contribution in [0.2, 0.25) is 0 Å². The van der Waals surface area contributed by atoms with E-state index in [1.54, 1.807) is 32.9 Å². The fourth-order valence-corrected chi connectivity index (χ4v) is 7.62. The number of benzene rings is 1. The van der Waals surface area contributed by atoms with Crippen LogP contribution in [0, 0.1) is 5.92 Å². The third-order valence-corrected chi connectivity index (χ3v) is 9.89. The summed E-state index contributed by atoms with van der Waals surface area (Å²) < 4.78 is 33.9. The molecule has 6 atom stereocenters. The molecule has 1 saturated heterocycles. The lowest BCUT2D eigenvalue weighted by atomic mass is 9.50. The standard InChI is InChI=1S/C36H47NO12/c1-8-9-16-44-28(40)19-23(17-24(39)20(2)45-21(3)38)32(41)46-26-12-13-36(43)27-18-22-10-11-25(47-33(42)49-34(4,5)6)30-29(22)35(36,31(26)48-30)14-15-37(27)7/h10-12,20,23,27,31,43H,8-9,13-19H2,1-7H3/t20-,23-,27+,31-,35-,36+/m0/s1. The van der Waals surface area contributed by atoms with E-state index >= 15 is 0 Å². The Kier molecular flexibility index (Phi) is 10.2. The maximum Gasteiger partial charge on any atom is 0.514 e. The molecule has 49 heavy (non-hydrogen) atoms. The van der Waals surface area contributed by atoms with Crippen molar-refractivity contribution >= 4 is 29.8 Å². The van der Waals surface area contributed by atoms with Gasteiger partial charge in [-0.15, -0.1) is 0 Å². The molecule has 1 fully saturated rings. The molecule has 2 aliphatic heterocycles. The summed E-state index contributed by atoms with van der Waals surface area (Å²) >= 11 is 0. The monoisotopic (exact) mass is 685 g/mol. The molecule has 1 spiro atoms. The summed E-state index contributed by atoms with van der Waals surface area (Å²) in [6.45, 7) is 10.4. The molecule has 13 nitrogen and oxygen atoms in total. The van der Waals surface area contributed by atoms with E-state index in [1.165, 1.54) is 13.8 Å². The third-order valence-electron chi connectivity index (χ3n) is 9.89. The molecule has 0 amide bonds. The maximum atomic E-state index is 13.9. The van der Waals surface area contributed by atoms with Gasteiger partial charge in [-0.3, -0.25) is 19.2 Å². The summed E-state index contributed by atoms with van der Waals surface area (Å²) in [4.78, 5) is 66.0. The zero-order chi connectivity index (χ0) is 35.9. The van der Waals surface area contributed by atoms with Crippen LogP contribution in [0.25, 0.3) is 0 Å². The van der Waals surface area contributed by atoms with Gasteiger partial charge in [-0.1, -0.05) is 19.4 Å². The van der Waals surface area contributed by atoms with E-state index in [9.17, 15) is 29.1 Å². The number of rotatable bonds is 12. The normalized spacial score (nSPS) is 26.2. The lowest BCUT2D eigenvalue weighted by Crippen LogP contribution is -2.74. The fourth-order valence-electron chi connectivity index (χ4n) is 7.62. The first-order valence-corrected chi connectivity index (χ1v) is 16.9. The van der Waals surface area contributed by atoms with E-state index in [4.69, 9.17) is 28.4 Å². The second-order valence-electron chi connectivity index (χ2n) is 14.5. The number of unbranched alkanes of at least 4 members (excludes halogenated alkanes) is 1. The summed E-state index contributed by atoms with van der Waals surface area (Å²) in [5, 5.41) is 12.6. The van der Waals surface area contributed by atoms with E-state index in [-0.39, 0.29) is 36.3 Å². The predicted octanol–water partition coefficient (Wildman–Crippen LogP) is 4.08. The number of carbonyl (C=O) groups excluding carboxylic acids is 5. The van der Waals surface area contributed by atoms with Crippen molar-refractivity contribution in [3.8, 4) is 11.5 Å². The number of Topliss-reactive ketones (excluding diaryl/α,β-unsaturated/α-hetero) is 1. The third kappa shape index (κ3) is 6.92. The Morgan fingerprint density at radius 1 is 1.12 bits per heavy atom. The first kappa shape index (κ1) is 36.3. The number of likely N-dealkylation sites (tertiary alicyclic amines) is 1. The summed E-state index contributed by atoms with van der Waals surface area (Å²) in [6, 6.07) is 3.22. The Morgan fingerprint density at radius 2 is 1.86 bits per heavy atom. The summed E-state index contributed by atoms with van der Waals surface area (Å²) in [7, 11) is 1.96. The second-order valence-corrected chi connectivity index (χ2v) is 14.5. The number of piperidine rings is 1. The number of aliphatic hydroxyl groups is 1. The Labute approximate surface area is 286 Å². The van der Waals surface area contributed by atoms with Crippen molar-refractivity contribution in [2.45, 2.75) is 121 Å². The van der Waals surface area contributed by atoms with Gasteiger partial charge in [0.05, 0.1) is 30.0 Å². The number of ether oxygens (including phenoxy) is 6. The van der Waals surface area contributed by atoms with Crippen LogP contribution in [0.5, 0.6) is 11.5 Å². The molecule has 1 aromatic carbocycles. The number of hydrogen-bond acceptors (Lipinski definition) is 13. The minimum absolute atomic E-state index is 0.111. The topological polar surface area (TPSA) is 164 Å². The van der Waals surface area contributed by atoms with Crippen LogP contribution < -0.4 is 9.47 Å². The van der Waals surface area contributed by atoms with Crippen molar-refractivity contribution in [3.63, 3.8) is 0 Å². The molecule has 1 aromatic rings. The molecule has 1 N–H and O–H groups in total. The van der Waals surface area contributed by atoms with Crippen LogP contribution in [-0.4, -0.2) is 89.5 Å². The van der Waals surface area contributed by atoms with Crippen molar-refractivity contribution in [1.29, 1.82) is 0 Å². The smallest absolute Gasteiger partial charge is 0.477 e. The van der Waals surface area contributed by atoms with Crippen molar-refractivity contribution in [3.05, 3.63) is 35.1 Å². The van der Waals surface area contributed by atoms with E-state index in [2.05, 4.69) is 4.90 Å². The minimum atomic E-state index is -1.32. The van der Waals surface area contributed by atoms with Crippen molar-refractivity contribution in [2.24, 2.45) is 5.92 Å². The molecule has 2 aliphatic carbocycles. The van der Waals surface area contributed by atoms with Crippen LogP contribution in [0.4, 0.5) is 4.79 Å². The number of nitrogens with zero attached hydrogens (tertiary/aromatic N) is 1. The van der Waals surface area contributed by atoms with Gasteiger partial charge in [0.2, 0.25) is 0 Å². The zero-order valence-electron chi connectivity index (χ0n) is 29.3. The summed E-state index contributed by atoms with van der Waals surface area (Å²) in [5.41, 5.74) is -1.56. The molecule has 4 aliphatic rings. The Hall–Kier alpha value is -3.97. The van der Waals surface area contributed by atoms with Crippen LogP contribution in [0.15, 0.2) is 24.0 Å². The number of ketones is 1. The van der Waals surface area contributed by atoms with Gasteiger partial charge in [0.1, 0.15) is 11.4 Å². The number of hydrogen-bond donors (Lipinski definition) is 1. The number of carbonyl (C=O) groups is 5. The van der Waals surface area contributed by atoms with E-state index in [0.717, 1.165) is 12.0 Å². The first-order chi connectivity index (χ1) is 23.0. The van der Waals surface area contributed by atoms with Gasteiger partial charge in [0, 0.05) is 31.4 Å². The highest BCUT2D eigenvalue weighted by molar-refractivity contribution is 5.90. The van der Waals surface area contributed by atoms with Crippen LogP contribution in [0.3, 0.4) is 0 Å². The van der Waals surface area contributed by atoms with Crippen LogP contribution in [0.1, 0.15) is 91.2 Å². The molecule has 2 bridgehead atoms. The maximum absolute atomic E-state index is 13.9. The highest BCUT2D eigenvalue weighted by Gasteiger charge is 2.72. The lowest BCUT2D eigenvalue weighted by molar-refractivity contribution is -0.171. The van der Waals surface area contributed by atoms with Gasteiger partial charge in [-0.2, -0.15) is 0 Å². The molecule has 0 aromatic heterocycles. The van der Waals surface area contributed by atoms with Crippen molar-refractivity contribution in [2.75, 3.05) is 20.2 Å². The summed E-state index contributed by atoms with van der Waals surface area (Å²) in [6.07, 6.45) is 0.238. The van der Waals surface area contributed by atoms with Crippen molar-refractivity contribution < 1.29 is 57.5 Å². The average Bonchev–Trinajstić information content (AvgIpc) is 3.36. The average molecular weight is 686 g/mol. The molecule has 2 heterocycles. The molecular weight excluding hydrogens is 638 g/mol. The van der Waals surface area contributed by atoms with Crippen molar-refractivity contribution in [1.82, 2.24) is 4.90 Å². The second kappa shape index (κ2) is 13.7. The van der Waals surface area contributed by atoms with Gasteiger partial charge in [0.15, 0.2) is 29.5 Å². The molecule has 0 unspecified atom stereocenters. The van der Waals surface area contributed by atoms with Crippen LogP contribution >= 0.6 is 0 Å². The largest absolute Gasteiger partial charge is 0.514 e. The Bertz CT molecular complexity index is 1540. The fraction of sp³-hybridized carbons (Fsp3) is 0.639. The Balaban J connectivity index is 1.47. The zero-order valence-corrected chi connectivity index (χ0v) is 29.3. The first-order valence-electron chi connectivity index (χ1n) is 16.9. The predicted molar refractivity (Wildman–Crippen MR) is 173 cm³/mol. The van der Waals surface area contributed by atoms with E-state index in [0.29, 0.717) is 31.4 Å². The van der Waals surface area contributed by atoms with E-state index < -0.39 is 77.4 Å². The van der Waals surface area contributed by atoms with Gasteiger partial charge >= 0.3 is 24.1 Å². The minimum Gasteiger partial charge on any atom is -0.477 e. The molecule has 268 valence electrons. The molecule has 0 saturated carbocycles. The van der Waals surface area contributed by atoms with E-state index in [1.807, 2.05) is 20.0 Å². The lowest BCUT2D eigenvalue weighted by Gasteiger charge is -2.61. The highest BCUT2D eigenvalue weighted by atomic mass is 16.7.